The van der Waals surface area contributed by atoms with E-state index in [1.807, 2.05) is 24.3 Å². The monoisotopic (exact) mass is 207 g/mol. The van der Waals surface area contributed by atoms with Gasteiger partial charge in [0.1, 0.15) is 0 Å². The van der Waals surface area contributed by atoms with E-state index in [0.29, 0.717) is 0 Å². The molecule has 2 rings (SSSR count). The Kier molecular flexibility index (Phi) is 4.34. The Hall–Kier alpha value is -1.84. The van der Waals surface area contributed by atoms with Crippen LogP contribution in [0, 0.1) is 0 Å². The molecule has 1 aliphatic heterocycles. The van der Waals surface area contributed by atoms with Crippen LogP contribution in [-0.2, 0) is 11.2 Å². The van der Waals surface area contributed by atoms with Crippen LogP contribution in [0.15, 0.2) is 29.4 Å². The second-order valence-corrected chi connectivity index (χ2v) is 2.94. The van der Waals surface area contributed by atoms with Gasteiger partial charge in [-0.05, 0) is 6.07 Å². The van der Waals surface area contributed by atoms with Gasteiger partial charge in [-0.15, -0.1) is 0 Å². The van der Waals surface area contributed by atoms with E-state index in [1.165, 1.54) is 5.56 Å². The lowest BCUT2D eigenvalue weighted by atomic mass is 10.1. The van der Waals surface area contributed by atoms with Gasteiger partial charge in [-0.2, -0.15) is 0 Å². The Morgan fingerprint density at radius 3 is 2.80 bits per heavy atom. The maximum Gasteiger partial charge on any atom is 0.303 e. The lowest BCUT2D eigenvalue weighted by Gasteiger charge is -2.07. The van der Waals surface area contributed by atoms with Crippen molar-refractivity contribution >= 4 is 12.2 Å². The van der Waals surface area contributed by atoms with Crippen LogP contribution in [0.2, 0.25) is 0 Å². The Morgan fingerprint density at radius 1 is 1.53 bits per heavy atom. The first kappa shape index (κ1) is 11.2. The number of oxime groups is 1. The van der Waals surface area contributed by atoms with E-state index < -0.39 is 5.97 Å². The Bertz CT molecular complexity index is 334. The zero-order chi connectivity index (χ0) is 11.1. The normalized spacial score (nSPS) is 11.8. The molecule has 15 heavy (non-hydrogen) atoms. The van der Waals surface area contributed by atoms with Gasteiger partial charge in [-0.1, -0.05) is 30.3 Å². The van der Waals surface area contributed by atoms with Crippen molar-refractivity contribution < 1.29 is 14.7 Å². The van der Waals surface area contributed by atoms with Gasteiger partial charge < -0.3 is 9.94 Å². The van der Waals surface area contributed by atoms with Crippen molar-refractivity contribution in [3.63, 3.8) is 0 Å². The topological polar surface area (TPSA) is 58.9 Å². The summed E-state index contributed by atoms with van der Waals surface area (Å²) < 4.78 is 0. The molecule has 0 radical (unpaired) electrons. The van der Waals surface area contributed by atoms with Gasteiger partial charge in [0.05, 0.1) is 0 Å². The van der Waals surface area contributed by atoms with Gasteiger partial charge in [0.15, 0.2) is 5.75 Å². The molecule has 0 saturated heterocycles. The Balaban J connectivity index is 0.000000195. The van der Waals surface area contributed by atoms with Crippen molar-refractivity contribution in [3.8, 4) is 5.75 Å². The molecule has 0 aliphatic carbocycles. The number of nitrogens with zero attached hydrogens (tertiary/aromatic N) is 1. The maximum atomic E-state index is 9.37. The number of rotatable bonds is 1. The zero-order valence-corrected chi connectivity index (χ0v) is 8.51. The molecule has 0 saturated carbocycles. The number of fused-ring (bicyclic) bond motifs is 1. The number of carboxylic acids is 1. The van der Waals surface area contributed by atoms with Crippen molar-refractivity contribution in [2.24, 2.45) is 5.16 Å². The van der Waals surface area contributed by atoms with Gasteiger partial charge >= 0.3 is 5.97 Å². The zero-order valence-electron chi connectivity index (χ0n) is 8.51. The quantitative estimate of drug-likeness (QED) is 0.767. The average Bonchev–Trinajstić information content (AvgIpc) is 2.30. The van der Waals surface area contributed by atoms with Crippen LogP contribution in [0.4, 0.5) is 0 Å². The molecule has 4 nitrogen and oxygen atoms in total. The van der Waals surface area contributed by atoms with Gasteiger partial charge in [-0.3, -0.25) is 4.79 Å². The number of hydrogen-bond donors (Lipinski definition) is 1. The summed E-state index contributed by atoms with van der Waals surface area (Å²) in [5, 5.41) is 11.4. The van der Waals surface area contributed by atoms with Gasteiger partial charge in [0, 0.05) is 24.6 Å². The predicted octanol–water partition coefficient (Wildman–Crippen LogP) is 2.09. The number of para-hydroxylation sites is 1. The first-order valence-corrected chi connectivity index (χ1v) is 4.72. The molecule has 4 heteroatoms. The highest BCUT2D eigenvalue weighted by Gasteiger charge is 2.04. The smallest absolute Gasteiger partial charge is 0.303 e. The van der Waals surface area contributed by atoms with Crippen molar-refractivity contribution in [2.45, 2.75) is 19.8 Å². The standard InChI is InChI=1S/C8H7NO.C3H6O2/c1-2-4-8-7(3-1)5-6-9-10-8;1-2-3(4)5/h1-4,6H,5H2;2H2,1H3,(H,4,5). The molecule has 1 N–H and O–H groups in total. The molecular formula is C11H13NO3. The minimum atomic E-state index is -0.745. The fourth-order valence-corrected chi connectivity index (χ4v) is 0.991. The molecule has 0 aromatic heterocycles. The van der Waals surface area contributed by atoms with Crippen LogP contribution >= 0.6 is 0 Å². The number of aliphatic carboxylic acids is 1. The Labute approximate surface area is 88.2 Å². The summed E-state index contributed by atoms with van der Waals surface area (Å²) in [5.74, 6) is 0.134. The van der Waals surface area contributed by atoms with Crippen molar-refractivity contribution in [3.05, 3.63) is 29.8 Å². The van der Waals surface area contributed by atoms with E-state index >= 15 is 0 Å². The molecular weight excluding hydrogens is 194 g/mol. The van der Waals surface area contributed by atoms with Gasteiger partial charge in [0.2, 0.25) is 0 Å². The highest BCUT2D eigenvalue weighted by molar-refractivity contribution is 5.66. The fraction of sp³-hybridized carbons (Fsp3) is 0.273. The van der Waals surface area contributed by atoms with Crippen LogP contribution in [0.3, 0.4) is 0 Å². The van der Waals surface area contributed by atoms with Crippen LogP contribution < -0.4 is 4.84 Å². The average molecular weight is 207 g/mol. The van der Waals surface area contributed by atoms with Crippen LogP contribution in [0.1, 0.15) is 18.9 Å². The van der Waals surface area contributed by atoms with Crippen molar-refractivity contribution in [2.75, 3.05) is 0 Å². The van der Waals surface area contributed by atoms with E-state index in [2.05, 4.69) is 5.16 Å². The van der Waals surface area contributed by atoms with Crippen molar-refractivity contribution in [1.82, 2.24) is 0 Å². The molecule has 80 valence electrons. The van der Waals surface area contributed by atoms with E-state index in [-0.39, 0.29) is 6.42 Å². The second-order valence-electron chi connectivity index (χ2n) is 2.94. The van der Waals surface area contributed by atoms with Crippen molar-refractivity contribution in [1.29, 1.82) is 0 Å². The number of carboxylic acid groups (broad SMARTS) is 1. The predicted molar refractivity (Wildman–Crippen MR) is 57.2 cm³/mol. The number of hydrogen-bond acceptors (Lipinski definition) is 3. The summed E-state index contributed by atoms with van der Waals surface area (Å²) in [4.78, 5) is 14.4. The molecule has 0 atom stereocenters. The molecule has 0 unspecified atom stereocenters. The third-order valence-electron chi connectivity index (χ3n) is 1.81. The molecule has 1 aliphatic rings. The lowest BCUT2D eigenvalue weighted by molar-refractivity contribution is -0.136. The third-order valence-corrected chi connectivity index (χ3v) is 1.81. The first-order chi connectivity index (χ1) is 7.24. The summed E-state index contributed by atoms with van der Waals surface area (Å²) in [5.41, 5.74) is 1.21. The SMILES string of the molecule is C1=NOc2ccccc2C1.CCC(=O)O. The minimum Gasteiger partial charge on any atom is -0.481 e. The summed E-state index contributed by atoms with van der Waals surface area (Å²) in [7, 11) is 0. The van der Waals surface area contributed by atoms with E-state index in [1.54, 1.807) is 13.1 Å². The molecule has 1 aromatic rings. The van der Waals surface area contributed by atoms with E-state index in [9.17, 15) is 4.79 Å². The molecule has 0 bridgehead atoms. The fourth-order valence-electron chi connectivity index (χ4n) is 0.991. The van der Waals surface area contributed by atoms with Gasteiger partial charge in [-0.25, -0.2) is 0 Å². The molecule has 1 aromatic carbocycles. The van der Waals surface area contributed by atoms with E-state index in [0.717, 1.165) is 12.2 Å². The second kappa shape index (κ2) is 5.80. The number of carbonyl (C=O) groups is 1. The number of benzene rings is 1. The van der Waals surface area contributed by atoms with E-state index in [4.69, 9.17) is 9.94 Å². The highest BCUT2D eigenvalue weighted by atomic mass is 16.6. The van der Waals surface area contributed by atoms with Gasteiger partial charge in [0.25, 0.3) is 0 Å². The molecule has 0 amide bonds. The maximum absolute atomic E-state index is 9.37. The van der Waals surface area contributed by atoms with Crippen LogP contribution in [0.5, 0.6) is 5.75 Å². The summed E-state index contributed by atoms with van der Waals surface area (Å²) in [6.07, 6.45) is 2.87. The first-order valence-electron chi connectivity index (χ1n) is 4.72. The summed E-state index contributed by atoms with van der Waals surface area (Å²) >= 11 is 0. The minimum absolute atomic E-state index is 0.222. The molecule has 1 heterocycles. The van der Waals surface area contributed by atoms with Crippen LogP contribution in [0.25, 0.3) is 0 Å². The highest BCUT2D eigenvalue weighted by Crippen LogP contribution is 2.20. The lowest BCUT2D eigenvalue weighted by Crippen LogP contribution is -1.98. The largest absolute Gasteiger partial charge is 0.481 e. The summed E-state index contributed by atoms with van der Waals surface area (Å²) in [6.45, 7) is 1.60. The molecule has 0 spiro atoms. The van der Waals surface area contributed by atoms with Crippen LogP contribution in [-0.4, -0.2) is 17.3 Å². The third kappa shape index (κ3) is 3.81. The Morgan fingerprint density at radius 2 is 2.20 bits per heavy atom. The molecule has 0 fully saturated rings. The summed E-state index contributed by atoms with van der Waals surface area (Å²) in [6, 6.07) is 7.91.